The van der Waals surface area contributed by atoms with E-state index in [0.29, 0.717) is 12.3 Å². The van der Waals surface area contributed by atoms with Gasteiger partial charge in [-0.25, -0.2) is 0 Å². The lowest BCUT2D eigenvalue weighted by molar-refractivity contribution is -0.142. The van der Waals surface area contributed by atoms with Crippen LogP contribution in [0.25, 0.3) is 0 Å². The molecule has 0 aromatic heterocycles. The number of hydrogen-bond donors (Lipinski definition) is 2. The quantitative estimate of drug-likeness (QED) is 0.789. The van der Waals surface area contributed by atoms with E-state index >= 15 is 0 Å². The van der Waals surface area contributed by atoms with E-state index in [1.54, 1.807) is 45.0 Å². The van der Waals surface area contributed by atoms with E-state index in [4.69, 9.17) is 10.5 Å². The van der Waals surface area contributed by atoms with Crippen molar-refractivity contribution in [3.05, 3.63) is 29.8 Å². The lowest BCUT2D eigenvalue weighted by Crippen LogP contribution is -2.45. The maximum absolute atomic E-state index is 11.7. The van der Waals surface area contributed by atoms with Gasteiger partial charge in [-0.1, -0.05) is 12.1 Å². The van der Waals surface area contributed by atoms with Crippen LogP contribution in [0.15, 0.2) is 24.3 Å². The number of esters is 1. The van der Waals surface area contributed by atoms with Crippen LogP contribution in [0, 0.1) is 0 Å². The first kappa shape index (κ1) is 15.2. The molecule has 1 rings (SSSR count). The Hall–Kier alpha value is -1.88. The highest BCUT2D eigenvalue weighted by Gasteiger charge is 2.21. The van der Waals surface area contributed by atoms with Gasteiger partial charge in [-0.3, -0.25) is 9.59 Å². The van der Waals surface area contributed by atoms with Crippen molar-refractivity contribution < 1.29 is 14.3 Å². The van der Waals surface area contributed by atoms with Crippen molar-refractivity contribution in [2.75, 3.05) is 11.9 Å². The molecule has 104 valence electrons. The molecule has 0 saturated carbocycles. The normalized spacial score (nSPS) is 10.9. The van der Waals surface area contributed by atoms with E-state index in [0.717, 1.165) is 5.56 Å². The Kier molecular flexibility index (Phi) is 5.06. The summed E-state index contributed by atoms with van der Waals surface area (Å²) in [5.74, 6) is -0.564. The number of ether oxygens (including phenoxy) is 1. The monoisotopic (exact) mass is 264 g/mol. The van der Waals surface area contributed by atoms with Gasteiger partial charge in [0.1, 0.15) is 0 Å². The number of anilines is 1. The molecule has 0 aliphatic carbocycles. The van der Waals surface area contributed by atoms with Gasteiger partial charge in [0, 0.05) is 5.69 Å². The van der Waals surface area contributed by atoms with Gasteiger partial charge in [0.25, 0.3) is 0 Å². The summed E-state index contributed by atoms with van der Waals surface area (Å²) < 4.78 is 4.87. The molecule has 1 amide bonds. The topological polar surface area (TPSA) is 81.4 Å². The first-order valence-electron chi connectivity index (χ1n) is 6.18. The highest BCUT2D eigenvalue weighted by Crippen LogP contribution is 2.13. The van der Waals surface area contributed by atoms with Gasteiger partial charge in [-0.05, 0) is 38.5 Å². The zero-order valence-corrected chi connectivity index (χ0v) is 11.5. The summed E-state index contributed by atoms with van der Waals surface area (Å²) in [4.78, 5) is 23.1. The van der Waals surface area contributed by atoms with Crippen LogP contribution in [0.3, 0.4) is 0 Å². The molecule has 0 bridgehead atoms. The number of amides is 1. The van der Waals surface area contributed by atoms with Gasteiger partial charge in [-0.15, -0.1) is 0 Å². The average molecular weight is 264 g/mol. The summed E-state index contributed by atoms with van der Waals surface area (Å²) >= 11 is 0. The standard InChI is InChI=1S/C14H20N2O3/c1-4-19-12(17)9-10-6-5-7-11(8-10)16-13(18)14(2,3)15/h5-8H,4,9,15H2,1-3H3,(H,16,18). The van der Waals surface area contributed by atoms with Crippen molar-refractivity contribution in [2.24, 2.45) is 5.73 Å². The van der Waals surface area contributed by atoms with Crippen molar-refractivity contribution in [3.63, 3.8) is 0 Å². The van der Waals surface area contributed by atoms with Crippen molar-refractivity contribution in [2.45, 2.75) is 32.7 Å². The van der Waals surface area contributed by atoms with Crippen molar-refractivity contribution in [1.29, 1.82) is 0 Å². The molecule has 0 aliphatic heterocycles. The number of hydrogen-bond acceptors (Lipinski definition) is 4. The van der Waals surface area contributed by atoms with Crippen LogP contribution in [0.4, 0.5) is 5.69 Å². The van der Waals surface area contributed by atoms with Gasteiger partial charge < -0.3 is 15.8 Å². The smallest absolute Gasteiger partial charge is 0.310 e. The predicted molar refractivity (Wildman–Crippen MR) is 73.7 cm³/mol. The lowest BCUT2D eigenvalue weighted by atomic mass is 10.1. The van der Waals surface area contributed by atoms with Crippen molar-refractivity contribution in [3.8, 4) is 0 Å². The summed E-state index contributed by atoms with van der Waals surface area (Å²) in [6, 6.07) is 7.06. The Morgan fingerprint density at radius 3 is 2.63 bits per heavy atom. The first-order chi connectivity index (χ1) is 8.82. The fraction of sp³-hybridized carbons (Fsp3) is 0.429. The molecule has 0 saturated heterocycles. The van der Waals surface area contributed by atoms with Crippen LogP contribution in [-0.2, 0) is 20.7 Å². The van der Waals surface area contributed by atoms with Crippen LogP contribution in [-0.4, -0.2) is 24.0 Å². The number of nitrogens with two attached hydrogens (primary N) is 1. The molecule has 1 aromatic rings. The summed E-state index contributed by atoms with van der Waals surface area (Å²) in [5.41, 5.74) is 6.15. The maximum Gasteiger partial charge on any atom is 0.310 e. The van der Waals surface area contributed by atoms with Gasteiger partial charge in [0.2, 0.25) is 5.91 Å². The van der Waals surface area contributed by atoms with E-state index in [1.165, 1.54) is 0 Å². The van der Waals surface area contributed by atoms with E-state index < -0.39 is 5.54 Å². The number of carbonyl (C=O) groups is 2. The molecule has 3 N–H and O–H groups in total. The van der Waals surface area contributed by atoms with E-state index in [9.17, 15) is 9.59 Å². The SMILES string of the molecule is CCOC(=O)Cc1cccc(NC(=O)C(C)(C)N)c1. The maximum atomic E-state index is 11.7. The molecule has 5 nitrogen and oxygen atoms in total. The third kappa shape index (κ3) is 5.09. The molecule has 0 aliphatic rings. The molecular formula is C14H20N2O3. The molecule has 0 radical (unpaired) electrons. The van der Waals surface area contributed by atoms with Crippen LogP contribution in [0.5, 0.6) is 0 Å². The molecule has 0 heterocycles. The highest BCUT2D eigenvalue weighted by molar-refractivity contribution is 5.97. The molecule has 0 spiro atoms. The molecule has 0 atom stereocenters. The fourth-order valence-corrected chi connectivity index (χ4v) is 1.43. The minimum Gasteiger partial charge on any atom is -0.466 e. The Labute approximate surface area is 113 Å². The lowest BCUT2D eigenvalue weighted by Gasteiger charge is -2.18. The molecule has 0 fully saturated rings. The summed E-state index contributed by atoms with van der Waals surface area (Å²) in [6.07, 6.45) is 0.184. The zero-order valence-electron chi connectivity index (χ0n) is 11.5. The van der Waals surface area contributed by atoms with Gasteiger partial charge in [-0.2, -0.15) is 0 Å². The number of carbonyl (C=O) groups excluding carboxylic acids is 2. The summed E-state index contributed by atoms with van der Waals surface area (Å²) in [7, 11) is 0. The predicted octanol–water partition coefficient (Wildman–Crippen LogP) is 1.47. The third-order valence-electron chi connectivity index (χ3n) is 2.42. The van der Waals surface area contributed by atoms with Crippen molar-refractivity contribution >= 4 is 17.6 Å². The minimum absolute atomic E-state index is 0.184. The molecule has 5 heteroatoms. The van der Waals surface area contributed by atoms with E-state index in [-0.39, 0.29) is 18.3 Å². The van der Waals surface area contributed by atoms with Crippen LogP contribution in [0.1, 0.15) is 26.3 Å². The van der Waals surface area contributed by atoms with Crippen molar-refractivity contribution in [1.82, 2.24) is 0 Å². The third-order valence-corrected chi connectivity index (χ3v) is 2.42. The summed E-state index contributed by atoms with van der Waals surface area (Å²) in [5, 5.41) is 2.71. The summed E-state index contributed by atoms with van der Waals surface area (Å²) in [6.45, 7) is 5.38. The Bertz CT molecular complexity index is 464. The van der Waals surface area contributed by atoms with Gasteiger partial charge >= 0.3 is 5.97 Å². The second-order valence-corrected chi connectivity index (χ2v) is 4.86. The number of rotatable bonds is 5. The first-order valence-corrected chi connectivity index (χ1v) is 6.18. The minimum atomic E-state index is -0.947. The Morgan fingerprint density at radius 1 is 1.37 bits per heavy atom. The second-order valence-electron chi connectivity index (χ2n) is 4.86. The van der Waals surface area contributed by atoms with E-state index in [2.05, 4.69) is 5.32 Å². The van der Waals surface area contributed by atoms with Gasteiger partial charge in [0.05, 0.1) is 18.6 Å². The molecule has 19 heavy (non-hydrogen) atoms. The van der Waals surface area contributed by atoms with Crippen LogP contribution in [0.2, 0.25) is 0 Å². The molecule has 1 aromatic carbocycles. The second kappa shape index (κ2) is 6.33. The fourth-order valence-electron chi connectivity index (χ4n) is 1.43. The Morgan fingerprint density at radius 2 is 2.05 bits per heavy atom. The number of benzene rings is 1. The largest absolute Gasteiger partial charge is 0.466 e. The van der Waals surface area contributed by atoms with Gasteiger partial charge in [0.15, 0.2) is 0 Å². The number of nitrogens with one attached hydrogen (secondary N) is 1. The molecular weight excluding hydrogens is 244 g/mol. The zero-order chi connectivity index (χ0) is 14.5. The Balaban J connectivity index is 2.72. The highest BCUT2D eigenvalue weighted by atomic mass is 16.5. The molecule has 0 unspecified atom stereocenters. The average Bonchev–Trinajstić information content (AvgIpc) is 2.28. The van der Waals surface area contributed by atoms with E-state index in [1.807, 2.05) is 0 Å². The van der Waals surface area contributed by atoms with Crippen LogP contribution < -0.4 is 11.1 Å². The van der Waals surface area contributed by atoms with Crippen LogP contribution >= 0.6 is 0 Å².